The second-order valence-corrected chi connectivity index (χ2v) is 4.13. The highest BCUT2D eigenvalue weighted by atomic mass is 16.1. The van der Waals surface area contributed by atoms with E-state index in [0.29, 0.717) is 5.41 Å². The zero-order chi connectivity index (χ0) is 7.95. The van der Waals surface area contributed by atoms with Crippen molar-refractivity contribution in [1.29, 1.82) is 0 Å². The van der Waals surface area contributed by atoms with Gasteiger partial charge in [0, 0.05) is 13.1 Å². The van der Waals surface area contributed by atoms with Crippen LogP contribution in [0.3, 0.4) is 0 Å². The number of carbonyl (C=O) groups excluding carboxylic acids is 1. The lowest BCUT2D eigenvalue weighted by Gasteiger charge is -2.40. The molecule has 1 aliphatic carbocycles. The van der Waals surface area contributed by atoms with Gasteiger partial charge in [0.05, 0.1) is 5.54 Å². The van der Waals surface area contributed by atoms with Gasteiger partial charge in [0.1, 0.15) is 6.29 Å². The van der Waals surface area contributed by atoms with Crippen LogP contribution >= 0.6 is 0 Å². The van der Waals surface area contributed by atoms with Crippen molar-refractivity contribution in [1.82, 2.24) is 5.32 Å². The van der Waals surface area contributed by atoms with Crippen LogP contribution < -0.4 is 11.1 Å². The third-order valence-electron chi connectivity index (χ3n) is 3.06. The summed E-state index contributed by atoms with van der Waals surface area (Å²) in [7, 11) is 0. The molecule has 1 atom stereocenters. The highest BCUT2D eigenvalue weighted by molar-refractivity contribution is 5.64. The quantitative estimate of drug-likeness (QED) is 0.508. The molecule has 2 rings (SSSR count). The summed E-state index contributed by atoms with van der Waals surface area (Å²) in [4.78, 5) is 10.6. The summed E-state index contributed by atoms with van der Waals surface area (Å²) in [5.74, 6) is 0. The van der Waals surface area contributed by atoms with Crippen molar-refractivity contribution in [3.8, 4) is 0 Å². The predicted octanol–water partition coefficient (Wildman–Crippen LogP) is -0.344. The van der Waals surface area contributed by atoms with E-state index in [1.807, 2.05) is 0 Å². The maximum atomic E-state index is 10.6. The lowest BCUT2D eigenvalue weighted by molar-refractivity contribution is -0.112. The first-order chi connectivity index (χ1) is 5.18. The predicted molar refractivity (Wildman–Crippen MR) is 42.1 cm³/mol. The molecular formula is C8H14N2O. The summed E-state index contributed by atoms with van der Waals surface area (Å²) in [5, 5.41) is 3.23. The number of aldehydes is 1. The topological polar surface area (TPSA) is 55.1 Å². The molecule has 1 heterocycles. The highest BCUT2D eigenvalue weighted by Gasteiger charge is 2.49. The van der Waals surface area contributed by atoms with Gasteiger partial charge >= 0.3 is 0 Å². The first-order valence-corrected chi connectivity index (χ1v) is 4.14. The Morgan fingerprint density at radius 3 is 2.36 bits per heavy atom. The minimum atomic E-state index is -0.498. The molecule has 11 heavy (non-hydrogen) atoms. The van der Waals surface area contributed by atoms with Crippen LogP contribution in [-0.2, 0) is 4.79 Å². The van der Waals surface area contributed by atoms with Crippen LogP contribution in [0.1, 0.15) is 19.3 Å². The van der Waals surface area contributed by atoms with E-state index >= 15 is 0 Å². The summed E-state index contributed by atoms with van der Waals surface area (Å²) in [5.41, 5.74) is 5.73. The van der Waals surface area contributed by atoms with E-state index in [2.05, 4.69) is 5.32 Å². The molecule has 0 aromatic rings. The molecule has 1 spiro atoms. The standard InChI is InChI=1S/C8H14N2O/c9-8(6-11)2-1-7(3-8)4-10-5-7/h6,10H,1-5,9H2. The van der Waals surface area contributed by atoms with Crippen LogP contribution in [0, 0.1) is 5.41 Å². The van der Waals surface area contributed by atoms with Gasteiger partial charge in [-0.1, -0.05) is 0 Å². The molecule has 62 valence electrons. The van der Waals surface area contributed by atoms with Crippen LogP contribution in [0.15, 0.2) is 0 Å². The average molecular weight is 154 g/mol. The Hall–Kier alpha value is -0.410. The van der Waals surface area contributed by atoms with Crippen molar-refractivity contribution in [2.24, 2.45) is 11.1 Å². The minimum Gasteiger partial charge on any atom is -0.319 e. The fourth-order valence-corrected chi connectivity index (χ4v) is 2.25. The zero-order valence-corrected chi connectivity index (χ0v) is 6.60. The van der Waals surface area contributed by atoms with Gasteiger partial charge in [-0.05, 0) is 24.7 Å². The first kappa shape index (κ1) is 7.25. The third kappa shape index (κ3) is 0.993. The summed E-state index contributed by atoms with van der Waals surface area (Å²) < 4.78 is 0. The molecule has 1 aliphatic heterocycles. The SMILES string of the molecule is NC1(C=O)CCC2(CNC2)C1. The fraction of sp³-hybridized carbons (Fsp3) is 0.875. The zero-order valence-electron chi connectivity index (χ0n) is 6.60. The summed E-state index contributed by atoms with van der Waals surface area (Å²) in [6.07, 6.45) is 3.81. The Kier molecular flexibility index (Phi) is 1.35. The normalized spacial score (nSPS) is 40.5. The molecule has 0 bridgehead atoms. The lowest BCUT2D eigenvalue weighted by Crippen LogP contribution is -2.54. The van der Waals surface area contributed by atoms with E-state index in [-0.39, 0.29) is 0 Å². The molecule has 3 nitrogen and oxygen atoms in total. The smallest absolute Gasteiger partial charge is 0.139 e. The summed E-state index contributed by atoms with van der Waals surface area (Å²) >= 11 is 0. The molecule has 0 aromatic heterocycles. The van der Waals surface area contributed by atoms with Gasteiger partial charge in [0.25, 0.3) is 0 Å². The monoisotopic (exact) mass is 154 g/mol. The second-order valence-electron chi connectivity index (χ2n) is 4.13. The Labute approximate surface area is 66.3 Å². The van der Waals surface area contributed by atoms with Gasteiger partial charge in [-0.15, -0.1) is 0 Å². The van der Waals surface area contributed by atoms with Crippen molar-refractivity contribution in [3.05, 3.63) is 0 Å². The number of hydrogen-bond donors (Lipinski definition) is 2. The molecule has 1 saturated carbocycles. The van der Waals surface area contributed by atoms with E-state index in [1.54, 1.807) is 0 Å². The lowest BCUT2D eigenvalue weighted by atomic mass is 9.79. The number of carbonyl (C=O) groups is 1. The largest absolute Gasteiger partial charge is 0.319 e. The first-order valence-electron chi connectivity index (χ1n) is 4.14. The fourth-order valence-electron chi connectivity index (χ4n) is 2.25. The van der Waals surface area contributed by atoms with Crippen LogP contribution in [0.2, 0.25) is 0 Å². The van der Waals surface area contributed by atoms with Crippen LogP contribution in [0.4, 0.5) is 0 Å². The molecule has 0 amide bonds. The van der Waals surface area contributed by atoms with E-state index in [9.17, 15) is 4.79 Å². The molecule has 0 aromatic carbocycles. The molecule has 3 N–H and O–H groups in total. The second kappa shape index (κ2) is 2.05. The van der Waals surface area contributed by atoms with Crippen LogP contribution in [0.25, 0.3) is 0 Å². The van der Waals surface area contributed by atoms with Gasteiger partial charge in [-0.25, -0.2) is 0 Å². The van der Waals surface area contributed by atoms with E-state index in [1.165, 1.54) is 0 Å². The Bertz CT molecular complexity index is 189. The Balaban J connectivity index is 2.08. The summed E-state index contributed by atoms with van der Waals surface area (Å²) in [6.45, 7) is 2.11. The molecular weight excluding hydrogens is 140 g/mol. The molecule has 2 fully saturated rings. The summed E-state index contributed by atoms with van der Waals surface area (Å²) in [6, 6.07) is 0. The van der Waals surface area contributed by atoms with E-state index in [4.69, 9.17) is 5.73 Å². The van der Waals surface area contributed by atoms with E-state index < -0.39 is 5.54 Å². The van der Waals surface area contributed by atoms with Crippen molar-refractivity contribution in [3.63, 3.8) is 0 Å². The van der Waals surface area contributed by atoms with Gasteiger partial charge in [-0.3, -0.25) is 0 Å². The molecule has 0 radical (unpaired) electrons. The maximum absolute atomic E-state index is 10.6. The molecule has 2 aliphatic rings. The maximum Gasteiger partial charge on any atom is 0.139 e. The van der Waals surface area contributed by atoms with Crippen molar-refractivity contribution < 1.29 is 4.79 Å². The van der Waals surface area contributed by atoms with E-state index in [0.717, 1.165) is 38.6 Å². The van der Waals surface area contributed by atoms with Crippen LogP contribution in [0.5, 0.6) is 0 Å². The van der Waals surface area contributed by atoms with Gasteiger partial charge < -0.3 is 15.8 Å². The highest BCUT2D eigenvalue weighted by Crippen LogP contribution is 2.44. The molecule has 1 unspecified atom stereocenters. The number of nitrogens with two attached hydrogens (primary N) is 1. The number of rotatable bonds is 1. The number of nitrogens with one attached hydrogen (secondary N) is 1. The van der Waals surface area contributed by atoms with Crippen LogP contribution in [-0.4, -0.2) is 24.9 Å². The Morgan fingerprint density at radius 1 is 1.36 bits per heavy atom. The number of hydrogen-bond acceptors (Lipinski definition) is 3. The van der Waals surface area contributed by atoms with Crippen molar-refractivity contribution >= 4 is 6.29 Å². The molecule has 1 saturated heterocycles. The van der Waals surface area contributed by atoms with Gasteiger partial charge in [0.2, 0.25) is 0 Å². The van der Waals surface area contributed by atoms with Crippen molar-refractivity contribution in [2.75, 3.05) is 13.1 Å². The minimum absolute atomic E-state index is 0.385. The third-order valence-corrected chi connectivity index (χ3v) is 3.06. The molecule has 3 heteroatoms. The van der Waals surface area contributed by atoms with Gasteiger partial charge in [0.15, 0.2) is 0 Å². The Morgan fingerprint density at radius 2 is 2.09 bits per heavy atom. The average Bonchev–Trinajstić information content (AvgIpc) is 2.29. The van der Waals surface area contributed by atoms with Gasteiger partial charge in [-0.2, -0.15) is 0 Å². The van der Waals surface area contributed by atoms with Crippen molar-refractivity contribution in [2.45, 2.75) is 24.8 Å².